The van der Waals surface area contributed by atoms with Gasteiger partial charge in [-0.25, -0.2) is 14.5 Å². The number of halogens is 2. The monoisotopic (exact) mass is 524 g/mol. The molecule has 0 unspecified atom stereocenters. The molecule has 0 amide bonds. The first-order valence-corrected chi connectivity index (χ1v) is 12.4. The fourth-order valence-corrected chi connectivity index (χ4v) is 5.51. The molecule has 2 aromatic heterocycles. The molecular weight excluding hydrogens is 507 g/mol. The van der Waals surface area contributed by atoms with Crippen LogP contribution in [0.25, 0.3) is 27.8 Å². The summed E-state index contributed by atoms with van der Waals surface area (Å²) < 4.78 is 13.5. The average Bonchev–Trinajstić information content (AvgIpc) is 3.36. The van der Waals surface area contributed by atoms with Crippen molar-refractivity contribution < 1.29 is 9.47 Å². The van der Waals surface area contributed by atoms with Gasteiger partial charge >= 0.3 is 0 Å². The molecule has 0 saturated heterocycles. The lowest BCUT2D eigenvalue weighted by Gasteiger charge is -2.29. The first-order valence-electron chi connectivity index (χ1n) is 11.6. The molecule has 4 aromatic carbocycles. The predicted molar refractivity (Wildman–Crippen MR) is 144 cm³/mol. The molecule has 7 rings (SSSR count). The molecule has 8 heteroatoms. The normalized spacial score (nSPS) is 14.3. The molecule has 1 aliphatic heterocycles. The maximum Gasteiger partial charge on any atom is 0.228 e. The van der Waals surface area contributed by atoms with E-state index in [0.29, 0.717) is 33.0 Å². The van der Waals surface area contributed by atoms with Crippen LogP contribution in [0.4, 0.5) is 0 Å². The van der Waals surface area contributed by atoms with Gasteiger partial charge in [-0.1, -0.05) is 65.7 Å². The van der Waals surface area contributed by atoms with Gasteiger partial charge in [-0.2, -0.15) is 0 Å². The van der Waals surface area contributed by atoms with Crippen LogP contribution in [0.3, 0.4) is 0 Å². The highest BCUT2D eigenvalue weighted by Gasteiger charge is 2.34. The maximum absolute atomic E-state index is 6.49. The van der Waals surface area contributed by atoms with E-state index < -0.39 is 0 Å². The van der Waals surface area contributed by atoms with Gasteiger partial charge in [-0.15, -0.1) is 5.10 Å². The van der Waals surface area contributed by atoms with Crippen LogP contribution < -0.4 is 9.47 Å². The fraction of sp³-hybridized carbons (Fsp3) is 0.0690. The molecule has 0 aliphatic carbocycles. The zero-order chi connectivity index (χ0) is 25.1. The number of methoxy groups -OCH3 is 1. The Morgan fingerprint density at radius 1 is 0.919 bits per heavy atom. The van der Waals surface area contributed by atoms with E-state index in [4.69, 9.17) is 42.8 Å². The Balaban J connectivity index is 1.52. The van der Waals surface area contributed by atoms with Gasteiger partial charge in [0.1, 0.15) is 17.8 Å². The number of hydrogen-bond donors (Lipinski definition) is 0. The lowest BCUT2D eigenvalue weighted by Crippen LogP contribution is -2.15. The minimum atomic E-state index is -0.204. The number of fused-ring (bicyclic) bond motifs is 6. The van der Waals surface area contributed by atoms with Gasteiger partial charge < -0.3 is 9.47 Å². The van der Waals surface area contributed by atoms with Gasteiger partial charge in [-0.05, 0) is 52.7 Å². The van der Waals surface area contributed by atoms with Gasteiger partial charge in [0.05, 0.1) is 17.7 Å². The van der Waals surface area contributed by atoms with Crippen molar-refractivity contribution in [3.05, 3.63) is 112 Å². The Labute approximate surface area is 222 Å². The van der Waals surface area contributed by atoms with Crippen LogP contribution in [0, 0.1) is 0 Å². The molecule has 0 bridgehead atoms. The van der Waals surface area contributed by atoms with Crippen LogP contribution in [0.15, 0.2) is 85.2 Å². The number of ether oxygens (including phenoxy) is 2. The van der Waals surface area contributed by atoms with Crippen molar-refractivity contribution in [3.8, 4) is 28.8 Å². The van der Waals surface area contributed by atoms with Crippen molar-refractivity contribution in [1.29, 1.82) is 0 Å². The predicted octanol–water partition coefficient (Wildman–Crippen LogP) is 7.55. The number of nitrogens with zero attached hydrogens (tertiary/aromatic N) is 4. The average molecular weight is 525 g/mol. The lowest BCUT2D eigenvalue weighted by atomic mass is 9.81. The van der Waals surface area contributed by atoms with E-state index in [1.165, 1.54) is 0 Å². The Hall–Kier alpha value is -4.13. The summed E-state index contributed by atoms with van der Waals surface area (Å²) in [5.41, 5.74) is 4.28. The Bertz CT molecular complexity index is 1830. The third-order valence-corrected chi connectivity index (χ3v) is 7.27. The highest BCUT2D eigenvalue weighted by molar-refractivity contribution is 6.36. The molecule has 0 radical (unpaired) electrons. The minimum Gasteiger partial charge on any atom is -0.497 e. The largest absolute Gasteiger partial charge is 0.497 e. The molecular formula is C29H18Cl2N4O2. The third kappa shape index (κ3) is 3.52. The van der Waals surface area contributed by atoms with E-state index in [1.54, 1.807) is 30.1 Å². The lowest BCUT2D eigenvalue weighted by molar-refractivity contribution is 0.414. The second-order valence-corrected chi connectivity index (χ2v) is 9.64. The van der Waals surface area contributed by atoms with Gasteiger partial charge in [0.2, 0.25) is 5.88 Å². The van der Waals surface area contributed by atoms with Crippen LogP contribution in [0.5, 0.6) is 17.4 Å². The smallest absolute Gasteiger partial charge is 0.228 e. The van der Waals surface area contributed by atoms with Crippen LogP contribution >= 0.6 is 23.2 Å². The summed E-state index contributed by atoms with van der Waals surface area (Å²) in [5.74, 6) is 2.33. The van der Waals surface area contributed by atoms with Gasteiger partial charge in [0.25, 0.3) is 0 Å². The zero-order valence-corrected chi connectivity index (χ0v) is 21.0. The topological polar surface area (TPSA) is 61.5 Å². The molecule has 1 atom stereocenters. The number of aromatic nitrogens is 4. The summed E-state index contributed by atoms with van der Waals surface area (Å²) in [6.45, 7) is 0. The van der Waals surface area contributed by atoms with Gasteiger partial charge in [-0.3, -0.25) is 0 Å². The summed E-state index contributed by atoms with van der Waals surface area (Å²) >= 11 is 12.6. The third-order valence-electron chi connectivity index (χ3n) is 6.72. The van der Waals surface area contributed by atoms with Crippen LogP contribution in [-0.2, 0) is 0 Å². The molecule has 0 N–H and O–H groups in total. The Morgan fingerprint density at radius 2 is 1.76 bits per heavy atom. The molecule has 0 saturated carbocycles. The second kappa shape index (κ2) is 8.47. The zero-order valence-electron chi connectivity index (χ0n) is 19.5. The molecule has 0 fully saturated rings. The summed E-state index contributed by atoms with van der Waals surface area (Å²) in [7, 11) is 1.66. The van der Waals surface area contributed by atoms with Crippen molar-refractivity contribution in [2.75, 3.05) is 7.11 Å². The summed E-state index contributed by atoms with van der Waals surface area (Å²) in [6, 6.07) is 25.7. The van der Waals surface area contributed by atoms with Crippen molar-refractivity contribution >= 4 is 39.6 Å². The minimum absolute atomic E-state index is 0.204. The summed E-state index contributed by atoms with van der Waals surface area (Å²) in [5, 5.41) is 7.95. The molecule has 6 nitrogen and oxygen atoms in total. The first-order chi connectivity index (χ1) is 18.1. The Morgan fingerprint density at radius 3 is 2.57 bits per heavy atom. The highest BCUT2D eigenvalue weighted by Crippen LogP contribution is 2.50. The standard InChI is InChI=1S/C29H18Cl2N4O2/c1-36-19-10-6-17(7-11-19)24-25-20-5-3-2-4-16(20)8-13-23(25)37-29-26(24)28-33-27(34-35(28)15-32-29)21-12-9-18(30)14-22(21)31/h2-15,24H,1H3/t24-/m0/s1. The van der Waals surface area contributed by atoms with E-state index in [-0.39, 0.29) is 5.92 Å². The van der Waals surface area contributed by atoms with E-state index >= 15 is 0 Å². The van der Waals surface area contributed by atoms with E-state index in [9.17, 15) is 0 Å². The molecule has 1 aliphatic rings. The van der Waals surface area contributed by atoms with E-state index in [0.717, 1.165) is 39.0 Å². The first kappa shape index (κ1) is 22.1. The van der Waals surface area contributed by atoms with Crippen LogP contribution in [0.1, 0.15) is 22.6 Å². The summed E-state index contributed by atoms with van der Waals surface area (Å²) in [6.07, 6.45) is 1.62. The number of rotatable bonds is 3. The van der Waals surface area contributed by atoms with Crippen molar-refractivity contribution in [1.82, 2.24) is 19.6 Å². The van der Waals surface area contributed by atoms with Gasteiger partial charge in [0.15, 0.2) is 11.5 Å². The van der Waals surface area contributed by atoms with Gasteiger partial charge in [0, 0.05) is 22.1 Å². The Kier molecular flexibility index (Phi) is 5.06. The fourth-order valence-electron chi connectivity index (χ4n) is 5.02. The van der Waals surface area contributed by atoms with E-state index in [2.05, 4.69) is 35.3 Å². The quantitative estimate of drug-likeness (QED) is 0.239. The maximum atomic E-state index is 6.49. The van der Waals surface area contributed by atoms with Crippen molar-refractivity contribution in [2.24, 2.45) is 0 Å². The van der Waals surface area contributed by atoms with Crippen LogP contribution in [-0.4, -0.2) is 26.7 Å². The SMILES string of the molecule is COc1ccc([C@H]2c3c(ccc4ccccc34)Oc3ncn4nc(-c5ccc(Cl)cc5Cl)nc4c32)cc1. The van der Waals surface area contributed by atoms with E-state index in [1.807, 2.05) is 36.4 Å². The van der Waals surface area contributed by atoms with Crippen molar-refractivity contribution in [2.45, 2.75) is 5.92 Å². The molecule has 6 aromatic rings. The molecule has 0 spiro atoms. The number of benzene rings is 4. The highest BCUT2D eigenvalue weighted by atomic mass is 35.5. The number of hydrogen-bond acceptors (Lipinski definition) is 5. The molecule has 37 heavy (non-hydrogen) atoms. The molecule has 3 heterocycles. The molecule has 180 valence electrons. The van der Waals surface area contributed by atoms with Crippen molar-refractivity contribution in [3.63, 3.8) is 0 Å². The summed E-state index contributed by atoms with van der Waals surface area (Å²) in [4.78, 5) is 9.57. The second-order valence-electron chi connectivity index (χ2n) is 8.80. The van der Waals surface area contributed by atoms with Crippen LogP contribution in [0.2, 0.25) is 10.0 Å².